The Kier molecular flexibility index (Phi) is 4.63. The second-order valence-corrected chi connectivity index (χ2v) is 6.83. The quantitative estimate of drug-likeness (QED) is 0.797. The number of carbonyl (C=O) groups is 1. The number of allylic oxidation sites excluding steroid dienone is 1. The first kappa shape index (κ1) is 19.2. The molecule has 3 N–H and O–H groups in total. The summed E-state index contributed by atoms with van der Waals surface area (Å²) in [5.74, 6) is -1.77. The van der Waals surface area contributed by atoms with E-state index >= 15 is 0 Å². The van der Waals surface area contributed by atoms with Crippen molar-refractivity contribution >= 4 is 23.6 Å². The number of nitrogens with two attached hydrogens (primary N) is 1. The average molecular weight is 402 g/mol. The summed E-state index contributed by atoms with van der Waals surface area (Å²) in [5, 5.41) is 9.18. The molecule has 0 saturated carbocycles. The van der Waals surface area contributed by atoms with E-state index < -0.39 is 29.4 Å². The van der Waals surface area contributed by atoms with Gasteiger partial charge in [0.2, 0.25) is 6.10 Å². The maximum Gasteiger partial charge on any atom is 0.430 e. The van der Waals surface area contributed by atoms with Crippen LogP contribution in [0.25, 0.3) is 6.08 Å². The van der Waals surface area contributed by atoms with Crippen LogP contribution in [0.15, 0.2) is 41.6 Å². The molecule has 0 aromatic heterocycles. The molecule has 1 aliphatic heterocycles. The number of benzene rings is 1. The predicted molar refractivity (Wildman–Crippen MR) is 92.6 cm³/mol. The molecule has 2 atom stereocenters. The second kappa shape index (κ2) is 6.53. The predicted octanol–water partition coefficient (Wildman–Crippen LogP) is 4.07. The topological polar surface area (TPSA) is 81.8 Å². The van der Waals surface area contributed by atoms with E-state index in [0.29, 0.717) is 12.1 Å². The summed E-state index contributed by atoms with van der Waals surface area (Å²) in [4.78, 5) is 11.2. The molecule has 0 fully saturated rings. The number of hydrogen-bond donors (Lipinski definition) is 2. The van der Waals surface area contributed by atoms with Crippen LogP contribution < -0.4 is 15.2 Å². The van der Waals surface area contributed by atoms with E-state index in [1.54, 1.807) is 25.2 Å². The van der Waals surface area contributed by atoms with Gasteiger partial charge in [0.1, 0.15) is 17.1 Å². The summed E-state index contributed by atoms with van der Waals surface area (Å²) < 4.78 is 50.4. The molecule has 1 heterocycles. The van der Waals surface area contributed by atoms with Crippen molar-refractivity contribution in [2.45, 2.75) is 31.2 Å². The van der Waals surface area contributed by atoms with Gasteiger partial charge in [-0.1, -0.05) is 17.7 Å². The maximum absolute atomic E-state index is 13.2. The molecule has 0 bridgehead atoms. The van der Waals surface area contributed by atoms with E-state index in [2.05, 4.69) is 0 Å². The lowest BCUT2D eigenvalue weighted by Crippen LogP contribution is -2.40. The molecule has 1 aromatic rings. The van der Waals surface area contributed by atoms with Crippen LogP contribution in [0.3, 0.4) is 0 Å². The van der Waals surface area contributed by atoms with E-state index in [9.17, 15) is 18.0 Å². The van der Waals surface area contributed by atoms with Crippen LogP contribution in [0.2, 0.25) is 5.02 Å². The van der Waals surface area contributed by atoms with Gasteiger partial charge in [-0.25, -0.2) is 4.79 Å². The molecule has 0 spiro atoms. The lowest BCUT2D eigenvalue weighted by Gasteiger charge is -2.31. The number of halogens is 4. The summed E-state index contributed by atoms with van der Waals surface area (Å²) in [5.41, 5.74) is 4.67. The second-order valence-electron chi connectivity index (χ2n) is 6.42. The van der Waals surface area contributed by atoms with E-state index in [1.165, 1.54) is 12.1 Å². The fraction of sp³-hybridized carbons (Fsp3) is 0.278. The molecule has 5 nitrogen and oxygen atoms in total. The fourth-order valence-corrected chi connectivity index (χ4v) is 2.96. The van der Waals surface area contributed by atoms with Crippen LogP contribution >= 0.6 is 11.6 Å². The molecule has 9 heteroatoms. The molecule has 0 saturated heterocycles. The molecule has 1 aliphatic carbocycles. The van der Waals surface area contributed by atoms with Gasteiger partial charge in [0, 0.05) is 23.7 Å². The van der Waals surface area contributed by atoms with Gasteiger partial charge in [-0.15, -0.1) is 0 Å². The van der Waals surface area contributed by atoms with Crippen molar-refractivity contribution in [1.82, 2.24) is 0 Å². The van der Waals surface area contributed by atoms with Gasteiger partial charge in [-0.2, -0.15) is 13.2 Å². The molecule has 1 aromatic carbocycles. The molecule has 2 unspecified atom stereocenters. The minimum Gasteiger partial charge on any atom is -0.481 e. The Morgan fingerprint density at radius 2 is 2.15 bits per heavy atom. The first-order valence-corrected chi connectivity index (χ1v) is 8.22. The van der Waals surface area contributed by atoms with Gasteiger partial charge >= 0.3 is 12.1 Å². The third-order valence-electron chi connectivity index (χ3n) is 4.16. The first-order chi connectivity index (χ1) is 12.5. The van der Waals surface area contributed by atoms with Crippen LogP contribution in [0, 0.1) is 0 Å². The highest BCUT2D eigenvalue weighted by atomic mass is 35.5. The Hall–Kier alpha value is -2.61. The minimum atomic E-state index is -4.89. The van der Waals surface area contributed by atoms with Gasteiger partial charge in [0.15, 0.2) is 0 Å². The zero-order chi connectivity index (χ0) is 20.0. The first-order valence-electron chi connectivity index (χ1n) is 7.84. The number of hydrogen-bond acceptors (Lipinski definition) is 4. The third kappa shape index (κ3) is 3.90. The minimum absolute atomic E-state index is 0.112. The number of ether oxygens (including phenoxy) is 2. The van der Waals surface area contributed by atoms with E-state index in [0.717, 1.165) is 6.08 Å². The van der Waals surface area contributed by atoms with E-state index in [4.69, 9.17) is 31.9 Å². The number of aliphatic carboxylic acids is 1. The number of carboxylic acids is 1. The summed E-state index contributed by atoms with van der Waals surface area (Å²) >= 11 is 6.18. The van der Waals surface area contributed by atoms with Gasteiger partial charge in [0.05, 0.1) is 10.6 Å². The smallest absolute Gasteiger partial charge is 0.430 e. The van der Waals surface area contributed by atoms with Gasteiger partial charge in [0.25, 0.3) is 0 Å². The Morgan fingerprint density at radius 3 is 2.70 bits per heavy atom. The maximum atomic E-state index is 13.2. The molecule has 3 rings (SSSR count). The van der Waals surface area contributed by atoms with Crippen molar-refractivity contribution in [3.63, 3.8) is 0 Å². The standard InChI is InChI=1S/C18H15ClF3NO4/c1-17(4-2-10(23)3-5-17)27-14-8-13-9(7-12(14)19)6-11(16(24)25)15(26-13)18(20,21)22/h2-4,6-8,15H,5,23H2,1H3,(H,24,25). The average Bonchev–Trinajstić information content (AvgIpc) is 2.56. The normalized spacial score (nSPS) is 24.4. The number of rotatable bonds is 3. The number of fused-ring (bicyclic) bond motifs is 1. The van der Waals surface area contributed by atoms with Crippen LogP contribution in [-0.4, -0.2) is 29.0 Å². The summed E-state index contributed by atoms with van der Waals surface area (Å²) in [6.07, 6.45) is -0.982. The van der Waals surface area contributed by atoms with Crippen molar-refractivity contribution in [2.75, 3.05) is 0 Å². The SMILES string of the molecule is CC1(Oc2cc3c(cc2Cl)C=C(C(=O)O)C(C(F)(F)F)O3)C=CC(N)=CC1. The number of carboxylic acid groups (broad SMARTS) is 1. The highest BCUT2D eigenvalue weighted by Gasteiger charge is 2.48. The van der Waals surface area contributed by atoms with Gasteiger partial charge < -0.3 is 20.3 Å². The van der Waals surface area contributed by atoms with Crippen molar-refractivity contribution in [2.24, 2.45) is 5.73 Å². The van der Waals surface area contributed by atoms with E-state index in [-0.39, 0.29) is 22.1 Å². The van der Waals surface area contributed by atoms with Crippen molar-refractivity contribution in [3.05, 3.63) is 52.2 Å². The van der Waals surface area contributed by atoms with Gasteiger partial charge in [-0.3, -0.25) is 0 Å². The highest BCUT2D eigenvalue weighted by Crippen LogP contribution is 2.42. The molecular formula is C18H15ClF3NO4. The van der Waals surface area contributed by atoms with Crippen molar-refractivity contribution < 1.29 is 32.5 Å². The monoisotopic (exact) mass is 401 g/mol. The summed E-state index contributed by atoms with van der Waals surface area (Å²) in [6.45, 7) is 1.77. The molecule has 0 amide bonds. The van der Waals surface area contributed by atoms with E-state index in [1.807, 2.05) is 0 Å². The zero-order valence-electron chi connectivity index (χ0n) is 14.0. The molecule has 27 heavy (non-hydrogen) atoms. The molecule has 0 radical (unpaired) electrons. The summed E-state index contributed by atoms with van der Waals surface area (Å²) in [6, 6.07) is 2.54. The largest absolute Gasteiger partial charge is 0.481 e. The molecule has 2 aliphatic rings. The van der Waals surface area contributed by atoms with Gasteiger partial charge in [-0.05, 0) is 31.2 Å². The lowest BCUT2D eigenvalue weighted by molar-refractivity contribution is -0.187. The van der Waals surface area contributed by atoms with Crippen LogP contribution in [0.4, 0.5) is 13.2 Å². The Morgan fingerprint density at radius 1 is 1.44 bits per heavy atom. The third-order valence-corrected chi connectivity index (χ3v) is 4.46. The van der Waals surface area contributed by atoms with Crippen molar-refractivity contribution in [1.29, 1.82) is 0 Å². The zero-order valence-corrected chi connectivity index (χ0v) is 14.8. The molecular weight excluding hydrogens is 387 g/mol. The number of alkyl halides is 3. The molecule has 144 valence electrons. The highest BCUT2D eigenvalue weighted by molar-refractivity contribution is 6.32. The fourth-order valence-electron chi connectivity index (χ4n) is 2.75. The van der Waals surface area contributed by atoms with Crippen LogP contribution in [0.1, 0.15) is 18.9 Å². The Bertz CT molecular complexity index is 891. The van der Waals surface area contributed by atoms with Crippen LogP contribution in [-0.2, 0) is 4.79 Å². The Balaban J connectivity index is 1.97. The Labute approximate surface area is 157 Å². The summed E-state index contributed by atoms with van der Waals surface area (Å²) in [7, 11) is 0. The lowest BCUT2D eigenvalue weighted by atomic mass is 9.96. The van der Waals surface area contributed by atoms with Crippen molar-refractivity contribution in [3.8, 4) is 11.5 Å². The van der Waals surface area contributed by atoms with Crippen LogP contribution in [0.5, 0.6) is 11.5 Å².